The van der Waals surface area contributed by atoms with E-state index in [1.54, 1.807) is 6.92 Å². The molecule has 0 fully saturated rings. The van der Waals surface area contributed by atoms with Gasteiger partial charge >= 0.3 is 6.09 Å². The molecule has 1 N–H and O–H groups in total. The second kappa shape index (κ2) is 9.91. The van der Waals surface area contributed by atoms with Gasteiger partial charge in [0.25, 0.3) is 0 Å². The van der Waals surface area contributed by atoms with Crippen molar-refractivity contribution >= 4 is 12.4 Å². The lowest BCUT2D eigenvalue weighted by atomic mass is 10.2. The zero-order valence-electron chi connectivity index (χ0n) is 8.74. The smallest absolute Gasteiger partial charge is 0.407 e. The second-order valence-corrected chi connectivity index (χ2v) is 2.24. The van der Waals surface area contributed by atoms with Gasteiger partial charge in [-0.15, -0.1) is 0 Å². The van der Waals surface area contributed by atoms with E-state index in [0.717, 1.165) is 0 Å². The zero-order valence-corrected chi connectivity index (χ0v) is 8.74. The Labute approximate surface area is 82.6 Å². The summed E-state index contributed by atoms with van der Waals surface area (Å²) in [6, 6.07) is -0.664. The first-order valence-corrected chi connectivity index (χ1v) is 3.86. The molecule has 0 aromatic rings. The number of rotatable bonds is 4. The molecule has 0 aliphatic carbocycles. The molecule has 0 aromatic carbocycles. The van der Waals surface area contributed by atoms with Crippen LogP contribution in [0, 0.1) is 0 Å². The number of hydrogen-bond donors (Lipinski definition) is 1. The molecular formula is C8H16FNO4. The molecule has 1 unspecified atom stereocenters. The maximum atomic E-state index is 10.7. The number of hydrogen-bond acceptors (Lipinski definition) is 4. The van der Waals surface area contributed by atoms with Crippen molar-refractivity contribution in [2.24, 2.45) is 0 Å². The molecule has 84 valence electrons. The van der Waals surface area contributed by atoms with Crippen LogP contribution in [0.4, 0.5) is 9.18 Å². The van der Waals surface area contributed by atoms with Crippen LogP contribution in [0.5, 0.6) is 0 Å². The number of carbonyl (C=O) groups excluding carboxylic acids is 2. The lowest BCUT2D eigenvalue weighted by molar-refractivity contribution is -0.112. The van der Waals surface area contributed by atoms with Gasteiger partial charge in [-0.3, -0.25) is 4.39 Å². The summed E-state index contributed by atoms with van der Waals surface area (Å²) in [6.45, 7) is 1.68. The van der Waals surface area contributed by atoms with Crippen LogP contribution in [0.25, 0.3) is 0 Å². The molecule has 5 nitrogen and oxygen atoms in total. The minimum atomic E-state index is -0.664. The van der Waals surface area contributed by atoms with Gasteiger partial charge in [-0.2, -0.15) is 0 Å². The fraction of sp³-hybridized carbons (Fsp3) is 0.750. The number of carbonyl (C=O) groups is 2. The van der Waals surface area contributed by atoms with Crippen LogP contribution in [0.3, 0.4) is 0 Å². The molecule has 14 heavy (non-hydrogen) atoms. The third-order valence-corrected chi connectivity index (χ3v) is 1.49. The summed E-state index contributed by atoms with van der Waals surface area (Å²) in [5.41, 5.74) is 0. The van der Waals surface area contributed by atoms with Gasteiger partial charge < -0.3 is 19.6 Å². The van der Waals surface area contributed by atoms with E-state index in [0.29, 0.717) is 13.5 Å². The van der Waals surface area contributed by atoms with E-state index in [1.165, 1.54) is 14.2 Å². The molecule has 6 heteroatoms. The van der Waals surface area contributed by atoms with E-state index < -0.39 is 12.1 Å². The normalized spacial score (nSPS) is 12.9. The summed E-state index contributed by atoms with van der Waals surface area (Å²) in [7, 11) is 3.19. The Morgan fingerprint density at radius 2 is 1.93 bits per heavy atom. The molecule has 0 aromatic heterocycles. The van der Waals surface area contributed by atoms with Crippen LogP contribution >= 0.6 is 0 Å². The summed E-state index contributed by atoms with van der Waals surface area (Å²) in [4.78, 5) is 21.1. The number of alkyl halides is 1. The molecular weight excluding hydrogens is 193 g/mol. The fourth-order valence-corrected chi connectivity index (χ4v) is 0.604. The summed E-state index contributed by atoms with van der Waals surface area (Å²) in [5.74, 6) is 0. The van der Waals surface area contributed by atoms with E-state index in [-0.39, 0.29) is 6.10 Å². The second-order valence-electron chi connectivity index (χ2n) is 2.24. The summed E-state index contributed by atoms with van der Waals surface area (Å²) >= 11 is 0. The van der Waals surface area contributed by atoms with Gasteiger partial charge in [0.05, 0.1) is 20.4 Å². The largest absolute Gasteiger partial charge is 0.453 e. The number of alkyl carbamates (subject to hydrolysis) is 1. The number of methoxy groups -OCH3 is 2. The van der Waals surface area contributed by atoms with Crippen molar-refractivity contribution in [3.8, 4) is 0 Å². The highest BCUT2D eigenvalue weighted by atomic mass is 19.1. The minimum absolute atomic E-state index is 0.360. The molecule has 0 aliphatic rings. The van der Waals surface area contributed by atoms with Gasteiger partial charge in [0.2, 0.25) is 0 Å². The van der Waals surface area contributed by atoms with Gasteiger partial charge in [0.1, 0.15) is 12.3 Å². The predicted molar refractivity (Wildman–Crippen MR) is 48.9 cm³/mol. The SMILES string of the molecule is CF.COC(=O)N[C@H](C=O)C(C)OC. The quantitative estimate of drug-likeness (QED) is 0.686. The molecule has 0 heterocycles. The fourth-order valence-electron chi connectivity index (χ4n) is 0.604. The van der Waals surface area contributed by atoms with Crippen LogP contribution in [0.15, 0.2) is 0 Å². The van der Waals surface area contributed by atoms with Crippen molar-refractivity contribution in [1.82, 2.24) is 5.32 Å². The maximum absolute atomic E-state index is 10.7. The average molecular weight is 209 g/mol. The van der Waals surface area contributed by atoms with Crippen molar-refractivity contribution in [1.29, 1.82) is 0 Å². The topological polar surface area (TPSA) is 64.6 Å². The van der Waals surface area contributed by atoms with Gasteiger partial charge in [-0.1, -0.05) is 0 Å². The van der Waals surface area contributed by atoms with Crippen LogP contribution in [0.2, 0.25) is 0 Å². The van der Waals surface area contributed by atoms with Crippen molar-refractivity contribution in [2.75, 3.05) is 21.4 Å². The molecule has 1 amide bonds. The summed E-state index contributed by atoms with van der Waals surface area (Å²) in [5, 5.41) is 2.31. The highest BCUT2D eigenvalue weighted by Gasteiger charge is 2.18. The average Bonchev–Trinajstić information content (AvgIpc) is 2.27. The molecule has 0 radical (unpaired) electrons. The highest BCUT2D eigenvalue weighted by Crippen LogP contribution is 1.94. The molecule has 0 bridgehead atoms. The van der Waals surface area contributed by atoms with Gasteiger partial charge in [0.15, 0.2) is 0 Å². The van der Waals surface area contributed by atoms with Crippen molar-refractivity contribution < 1.29 is 23.5 Å². The van der Waals surface area contributed by atoms with E-state index in [1.807, 2.05) is 0 Å². The number of ether oxygens (including phenoxy) is 2. The van der Waals surface area contributed by atoms with Crippen LogP contribution in [-0.2, 0) is 14.3 Å². The molecule has 0 saturated carbocycles. The van der Waals surface area contributed by atoms with E-state index in [9.17, 15) is 14.0 Å². The number of amides is 1. The first kappa shape index (κ1) is 15.3. The first-order valence-electron chi connectivity index (χ1n) is 3.86. The summed E-state index contributed by atoms with van der Waals surface area (Å²) < 4.78 is 18.7. The van der Waals surface area contributed by atoms with E-state index in [4.69, 9.17) is 4.74 Å². The number of aldehydes is 1. The molecule has 0 rings (SSSR count). The number of halogens is 1. The lowest BCUT2D eigenvalue weighted by Gasteiger charge is -2.17. The Balaban J connectivity index is 0. The first-order chi connectivity index (χ1) is 6.65. The Bertz CT molecular complexity index is 165. The van der Waals surface area contributed by atoms with E-state index >= 15 is 0 Å². The Kier molecular flexibility index (Phi) is 10.8. The van der Waals surface area contributed by atoms with Crippen LogP contribution < -0.4 is 5.32 Å². The standard InChI is InChI=1S/C7H13NO4.CH3F/c1-5(11-2)6(4-9)8-7(10)12-3;1-2/h4-6H,1-3H3,(H,8,10);1H3/t5?,6-;/m1./s1. The molecule has 0 aliphatic heterocycles. The predicted octanol–water partition coefficient (Wildman–Crippen LogP) is 0.530. The van der Waals surface area contributed by atoms with Crippen molar-refractivity contribution in [2.45, 2.75) is 19.1 Å². The van der Waals surface area contributed by atoms with Crippen LogP contribution in [-0.4, -0.2) is 45.9 Å². The third kappa shape index (κ3) is 6.36. The lowest BCUT2D eigenvalue weighted by Crippen LogP contribution is -2.43. The van der Waals surface area contributed by atoms with Crippen molar-refractivity contribution in [3.05, 3.63) is 0 Å². The highest BCUT2D eigenvalue weighted by molar-refractivity contribution is 5.73. The molecule has 0 spiro atoms. The Hall–Kier alpha value is -1.17. The summed E-state index contributed by atoms with van der Waals surface area (Å²) in [6.07, 6.45) is -0.400. The Morgan fingerprint density at radius 3 is 2.21 bits per heavy atom. The van der Waals surface area contributed by atoms with Gasteiger partial charge in [-0.05, 0) is 6.92 Å². The molecule has 0 saturated heterocycles. The zero-order chi connectivity index (χ0) is 11.6. The third-order valence-electron chi connectivity index (χ3n) is 1.49. The van der Waals surface area contributed by atoms with Crippen molar-refractivity contribution in [3.63, 3.8) is 0 Å². The van der Waals surface area contributed by atoms with Crippen LogP contribution in [0.1, 0.15) is 6.92 Å². The molecule has 2 atom stereocenters. The van der Waals surface area contributed by atoms with Gasteiger partial charge in [0, 0.05) is 7.11 Å². The number of nitrogens with one attached hydrogen (secondary N) is 1. The van der Waals surface area contributed by atoms with Gasteiger partial charge in [-0.25, -0.2) is 4.79 Å². The minimum Gasteiger partial charge on any atom is -0.453 e. The maximum Gasteiger partial charge on any atom is 0.407 e. The monoisotopic (exact) mass is 209 g/mol. The van der Waals surface area contributed by atoms with E-state index in [2.05, 4.69) is 10.1 Å². The Morgan fingerprint density at radius 1 is 1.43 bits per heavy atom.